The van der Waals surface area contributed by atoms with Crippen LogP contribution < -0.4 is 10.1 Å². The second-order valence-corrected chi connectivity index (χ2v) is 6.33. The molecule has 0 aliphatic carbocycles. The SMILES string of the molecule is CCC(C)(NC(=O)C(C)Sc1ccc(OC)cc1)C(=O)O. The van der Waals surface area contributed by atoms with Gasteiger partial charge in [-0.25, -0.2) is 4.79 Å². The molecule has 5 nitrogen and oxygen atoms in total. The van der Waals surface area contributed by atoms with Crippen molar-refractivity contribution in [2.45, 2.75) is 42.9 Å². The van der Waals surface area contributed by atoms with E-state index in [-0.39, 0.29) is 11.2 Å². The lowest BCUT2D eigenvalue weighted by molar-refractivity contribution is -0.146. The first-order valence-electron chi connectivity index (χ1n) is 6.68. The van der Waals surface area contributed by atoms with Crippen LogP contribution in [0.5, 0.6) is 5.75 Å². The number of carboxylic acid groups (broad SMARTS) is 1. The Labute approximate surface area is 129 Å². The highest BCUT2D eigenvalue weighted by molar-refractivity contribution is 8.00. The van der Waals surface area contributed by atoms with Crippen molar-refractivity contribution < 1.29 is 19.4 Å². The van der Waals surface area contributed by atoms with E-state index in [9.17, 15) is 14.7 Å². The standard InChI is InChI=1S/C15H21NO4S/c1-5-15(3,14(18)19)16-13(17)10(2)21-12-8-6-11(20-4)7-9-12/h6-10H,5H2,1-4H3,(H,16,17)(H,18,19). The molecular weight excluding hydrogens is 290 g/mol. The quantitative estimate of drug-likeness (QED) is 0.757. The van der Waals surface area contributed by atoms with Gasteiger partial charge in [0.25, 0.3) is 0 Å². The molecule has 1 aromatic rings. The summed E-state index contributed by atoms with van der Waals surface area (Å²) in [6.45, 7) is 5.00. The number of ether oxygens (including phenoxy) is 1. The third-order valence-electron chi connectivity index (χ3n) is 3.32. The van der Waals surface area contributed by atoms with Crippen LogP contribution >= 0.6 is 11.8 Å². The van der Waals surface area contributed by atoms with Crippen molar-refractivity contribution in [1.29, 1.82) is 0 Å². The number of benzene rings is 1. The van der Waals surface area contributed by atoms with Gasteiger partial charge in [0.2, 0.25) is 5.91 Å². The van der Waals surface area contributed by atoms with Gasteiger partial charge in [0.15, 0.2) is 0 Å². The zero-order valence-electron chi connectivity index (χ0n) is 12.7. The number of carbonyl (C=O) groups excluding carboxylic acids is 1. The van der Waals surface area contributed by atoms with E-state index < -0.39 is 11.5 Å². The minimum Gasteiger partial charge on any atom is -0.497 e. The van der Waals surface area contributed by atoms with Crippen molar-refractivity contribution in [2.75, 3.05) is 7.11 Å². The van der Waals surface area contributed by atoms with E-state index in [1.54, 1.807) is 21.0 Å². The summed E-state index contributed by atoms with van der Waals surface area (Å²) in [4.78, 5) is 24.3. The molecule has 21 heavy (non-hydrogen) atoms. The molecule has 0 heterocycles. The van der Waals surface area contributed by atoms with Crippen LogP contribution in [0, 0.1) is 0 Å². The summed E-state index contributed by atoms with van der Waals surface area (Å²) in [5, 5.41) is 11.4. The topological polar surface area (TPSA) is 75.6 Å². The van der Waals surface area contributed by atoms with Gasteiger partial charge in [-0.2, -0.15) is 0 Å². The van der Waals surface area contributed by atoms with Gasteiger partial charge in [0, 0.05) is 4.90 Å². The average molecular weight is 311 g/mol. The maximum atomic E-state index is 12.1. The lowest BCUT2D eigenvalue weighted by Gasteiger charge is -2.26. The molecule has 0 aliphatic rings. The molecule has 0 spiro atoms. The molecule has 0 fully saturated rings. The predicted octanol–water partition coefficient (Wildman–Crippen LogP) is 2.55. The van der Waals surface area contributed by atoms with E-state index in [2.05, 4.69) is 5.32 Å². The van der Waals surface area contributed by atoms with Crippen LogP contribution in [0.1, 0.15) is 27.2 Å². The third kappa shape index (κ3) is 4.67. The Morgan fingerprint density at radius 3 is 2.38 bits per heavy atom. The Bertz CT molecular complexity index is 503. The highest BCUT2D eigenvalue weighted by Crippen LogP contribution is 2.26. The van der Waals surface area contributed by atoms with Crippen molar-refractivity contribution in [3.63, 3.8) is 0 Å². The molecule has 0 saturated carbocycles. The van der Waals surface area contributed by atoms with Crippen LogP contribution in [-0.2, 0) is 9.59 Å². The maximum absolute atomic E-state index is 12.1. The monoisotopic (exact) mass is 311 g/mol. The van der Waals surface area contributed by atoms with E-state index in [4.69, 9.17) is 4.74 Å². The lowest BCUT2D eigenvalue weighted by Crippen LogP contribution is -2.53. The first-order chi connectivity index (χ1) is 9.82. The van der Waals surface area contributed by atoms with Crippen LogP contribution in [-0.4, -0.2) is 34.9 Å². The number of methoxy groups -OCH3 is 1. The Morgan fingerprint density at radius 2 is 1.95 bits per heavy atom. The molecule has 2 atom stereocenters. The summed E-state index contributed by atoms with van der Waals surface area (Å²) in [6.07, 6.45) is 0.327. The van der Waals surface area contributed by atoms with Crippen LogP contribution in [0.2, 0.25) is 0 Å². The summed E-state index contributed by atoms with van der Waals surface area (Å²) >= 11 is 1.37. The summed E-state index contributed by atoms with van der Waals surface area (Å²) in [5.74, 6) is -0.566. The normalized spacial score (nSPS) is 14.9. The number of hydrogen-bond acceptors (Lipinski definition) is 4. The molecule has 0 aromatic heterocycles. The fraction of sp³-hybridized carbons (Fsp3) is 0.467. The van der Waals surface area contributed by atoms with Crippen molar-refractivity contribution in [3.8, 4) is 5.75 Å². The molecule has 2 N–H and O–H groups in total. The number of carbonyl (C=O) groups is 2. The number of hydrogen-bond donors (Lipinski definition) is 2. The van der Waals surface area contributed by atoms with Gasteiger partial charge in [0.05, 0.1) is 12.4 Å². The number of carboxylic acids is 1. The first kappa shape index (κ1) is 17.4. The summed E-state index contributed by atoms with van der Waals surface area (Å²) in [7, 11) is 1.59. The van der Waals surface area contributed by atoms with Crippen molar-refractivity contribution >= 4 is 23.6 Å². The van der Waals surface area contributed by atoms with Crippen LogP contribution in [0.15, 0.2) is 29.2 Å². The maximum Gasteiger partial charge on any atom is 0.329 e. The lowest BCUT2D eigenvalue weighted by atomic mass is 9.99. The number of aliphatic carboxylic acids is 1. The van der Waals surface area contributed by atoms with Crippen molar-refractivity contribution in [3.05, 3.63) is 24.3 Å². The van der Waals surface area contributed by atoms with Gasteiger partial charge in [-0.1, -0.05) is 6.92 Å². The summed E-state index contributed by atoms with van der Waals surface area (Å²) in [6, 6.07) is 7.37. The molecule has 1 aromatic carbocycles. The number of thioether (sulfide) groups is 1. The Morgan fingerprint density at radius 1 is 1.38 bits per heavy atom. The molecule has 1 rings (SSSR count). The minimum absolute atomic E-state index is 0.289. The van der Waals surface area contributed by atoms with Gasteiger partial charge in [-0.15, -0.1) is 11.8 Å². The minimum atomic E-state index is -1.23. The fourth-order valence-electron chi connectivity index (χ4n) is 1.58. The molecule has 1 amide bonds. The smallest absolute Gasteiger partial charge is 0.329 e. The highest BCUT2D eigenvalue weighted by Gasteiger charge is 2.34. The largest absolute Gasteiger partial charge is 0.497 e. The van der Waals surface area contributed by atoms with Crippen LogP contribution in [0.3, 0.4) is 0 Å². The van der Waals surface area contributed by atoms with E-state index in [0.717, 1.165) is 10.6 Å². The van der Waals surface area contributed by atoms with Crippen molar-refractivity contribution in [1.82, 2.24) is 5.32 Å². The highest BCUT2D eigenvalue weighted by atomic mass is 32.2. The average Bonchev–Trinajstić information content (AvgIpc) is 2.47. The third-order valence-corrected chi connectivity index (χ3v) is 4.43. The summed E-state index contributed by atoms with van der Waals surface area (Å²) in [5.41, 5.74) is -1.23. The number of rotatable bonds is 7. The van der Waals surface area contributed by atoms with E-state index in [1.165, 1.54) is 18.7 Å². The molecule has 0 saturated heterocycles. The Balaban J connectivity index is 2.67. The number of amides is 1. The molecule has 0 bridgehead atoms. The van der Waals surface area contributed by atoms with Gasteiger partial charge < -0.3 is 15.2 Å². The van der Waals surface area contributed by atoms with Gasteiger partial charge >= 0.3 is 5.97 Å². The molecule has 2 unspecified atom stereocenters. The second kappa shape index (κ2) is 7.36. The Kier molecular flexibility index (Phi) is 6.08. The second-order valence-electron chi connectivity index (χ2n) is 4.92. The van der Waals surface area contributed by atoms with Crippen LogP contribution in [0.4, 0.5) is 0 Å². The van der Waals surface area contributed by atoms with Gasteiger partial charge in [-0.3, -0.25) is 4.79 Å². The van der Waals surface area contributed by atoms with E-state index in [1.807, 2.05) is 24.3 Å². The summed E-state index contributed by atoms with van der Waals surface area (Å²) < 4.78 is 5.07. The van der Waals surface area contributed by atoms with Gasteiger partial charge in [-0.05, 0) is 44.5 Å². The molecular formula is C15H21NO4S. The van der Waals surface area contributed by atoms with E-state index in [0.29, 0.717) is 6.42 Å². The Hall–Kier alpha value is -1.69. The predicted molar refractivity (Wildman–Crippen MR) is 82.8 cm³/mol. The zero-order valence-corrected chi connectivity index (χ0v) is 13.5. The van der Waals surface area contributed by atoms with Crippen molar-refractivity contribution in [2.24, 2.45) is 0 Å². The van der Waals surface area contributed by atoms with Crippen LogP contribution in [0.25, 0.3) is 0 Å². The molecule has 0 radical (unpaired) electrons. The zero-order chi connectivity index (χ0) is 16.0. The first-order valence-corrected chi connectivity index (χ1v) is 7.56. The molecule has 116 valence electrons. The van der Waals surface area contributed by atoms with E-state index >= 15 is 0 Å². The molecule has 0 aliphatic heterocycles. The fourth-order valence-corrected chi connectivity index (χ4v) is 2.45. The molecule has 6 heteroatoms. The number of nitrogens with one attached hydrogen (secondary N) is 1. The van der Waals surface area contributed by atoms with Gasteiger partial charge in [0.1, 0.15) is 11.3 Å².